The topological polar surface area (TPSA) is 63.1 Å². The Bertz CT molecular complexity index is 654. The summed E-state index contributed by atoms with van der Waals surface area (Å²) in [7, 11) is 1.93. The molecule has 6 nitrogen and oxygen atoms in total. The predicted molar refractivity (Wildman–Crippen MR) is 87.8 cm³/mol. The molecule has 6 heteroatoms. The molecule has 1 aliphatic rings. The Hall–Kier alpha value is -2.37. The van der Waals surface area contributed by atoms with Crippen LogP contribution in [0.2, 0.25) is 0 Å². The zero-order valence-corrected chi connectivity index (χ0v) is 13.6. The second-order valence-corrected chi connectivity index (χ2v) is 6.25. The van der Waals surface area contributed by atoms with Crippen LogP contribution in [0.1, 0.15) is 30.6 Å². The lowest BCUT2D eigenvalue weighted by Gasteiger charge is -2.20. The lowest BCUT2D eigenvalue weighted by Crippen LogP contribution is -2.40. The number of hydrogen-bond acceptors (Lipinski definition) is 3. The van der Waals surface area contributed by atoms with Gasteiger partial charge < -0.3 is 10.2 Å². The molecule has 0 radical (unpaired) electrons. The minimum Gasteiger partial charge on any atom is -0.330 e. The third kappa shape index (κ3) is 3.88. The zero-order valence-electron chi connectivity index (χ0n) is 13.6. The van der Waals surface area contributed by atoms with E-state index in [0.717, 1.165) is 31.6 Å². The van der Waals surface area contributed by atoms with Crippen molar-refractivity contribution in [3.63, 3.8) is 0 Å². The monoisotopic (exact) mass is 313 g/mol. The smallest absolute Gasteiger partial charge is 0.317 e. The van der Waals surface area contributed by atoms with Gasteiger partial charge in [-0.05, 0) is 43.4 Å². The molecule has 3 heterocycles. The predicted octanol–water partition coefficient (Wildman–Crippen LogP) is 2.15. The molecule has 2 amide bonds. The summed E-state index contributed by atoms with van der Waals surface area (Å²) in [6.45, 7) is 3.57. The van der Waals surface area contributed by atoms with E-state index in [2.05, 4.69) is 15.4 Å². The number of pyridine rings is 1. The highest BCUT2D eigenvalue weighted by Gasteiger charge is 2.27. The first-order valence-electron chi connectivity index (χ1n) is 8.05. The largest absolute Gasteiger partial charge is 0.330 e. The van der Waals surface area contributed by atoms with Crippen molar-refractivity contribution in [2.45, 2.75) is 25.8 Å². The van der Waals surface area contributed by atoms with Crippen molar-refractivity contribution < 1.29 is 4.79 Å². The average Bonchev–Trinajstić information content (AvgIpc) is 3.18. The molecule has 0 bridgehead atoms. The molecular weight excluding hydrogens is 290 g/mol. The second-order valence-electron chi connectivity index (χ2n) is 6.25. The quantitative estimate of drug-likeness (QED) is 0.941. The number of rotatable bonds is 4. The molecule has 1 fully saturated rings. The fourth-order valence-electron chi connectivity index (χ4n) is 3.08. The van der Waals surface area contributed by atoms with Crippen molar-refractivity contribution in [3.05, 3.63) is 48.0 Å². The number of likely N-dealkylation sites (tertiary alicyclic amines) is 1. The van der Waals surface area contributed by atoms with E-state index < -0.39 is 0 Å². The Kier molecular flexibility index (Phi) is 4.60. The number of hydrogen-bond donors (Lipinski definition) is 1. The Morgan fingerprint density at radius 1 is 1.48 bits per heavy atom. The van der Waals surface area contributed by atoms with Crippen LogP contribution in [0.5, 0.6) is 0 Å². The highest BCUT2D eigenvalue weighted by molar-refractivity contribution is 5.74. The number of urea groups is 1. The molecule has 1 saturated heterocycles. The first-order chi connectivity index (χ1) is 11.1. The molecule has 2 unspecified atom stereocenters. The van der Waals surface area contributed by atoms with Gasteiger partial charge in [0.1, 0.15) is 0 Å². The van der Waals surface area contributed by atoms with Gasteiger partial charge in [0.2, 0.25) is 0 Å². The molecule has 0 aromatic carbocycles. The number of aromatic nitrogens is 3. The van der Waals surface area contributed by atoms with E-state index in [1.165, 1.54) is 5.56 Å². The summed E-state index contributed by atoms with van der Waals surface area (Å²) in [5.74, 6) is 0.509. The van der Waals surface area contributed by atoms with Crippen molar-refractivity contribution in [1.29, 1.82) is 0 Å². The maximum atomic E-state index is 12.4. The molecule has 0 aliphatic carbocycles. The van der Waals surface area contributed by atoms with Crippen LogP contribution >= 0.6 is 0 Å². The van der Waals surface area contributed by atoms with Crippen LogP contribution in [0.15, 0.2) is 36.8 Å². The fraction of sp³-hybridized carbons (Fsp3) is 0.471. The molecule has 3 rings (SSSR count). The van der Waals surface area contributed by atoms with E-state index in [1.807, 2.05) is 54.1 Å². The number of carbonyl (C=O) groups is 1. The van der Waals surface area contributed by atoms with Crippen molar-refractivity contribution in [2.75, 3.05) is 13.1 Å². The standard InChI is InChI=1S/C17H23N5O/c1-13(16-5-3-4-7-18-16)20-17(23)22-8-6-14(12-22)9-15-10-19-21(2)11-15/h3-5,7,10-11,13-14H,6,8-9,12H2,1-2H3,(H,20,23). The first kappa shape index (κ1) is 15.5. The number of carbonyl (C=O) groups excluding carboxylic acids is 1. The van der Waals surface area contributed by atoms with Gasteiger partial charge in [0.25, 0.3) is 0 Å². The van der Waals surface area contributed by atoms with Crippen LogP contribution in [0.4, 0.5) is 4.79 Å². The van der Waals surface area contributed by atoms with E-state index in [4.69, 9.17) is 0 Å². The van der Waals surface area contributed by atoms with Crippen molar-refractivity contribution in [3.8, 4) is 0 Å². The van der Waals surface area contributed by atoms with Gasteiger partial charge in [-0.2, -0.15) is 5.10 Å². The van der Waals surface area contributed by atoms with Crippen LogP contribution in [0.3, 0.4) is 0 Å². The van der Waals surface area contributed by atoms with Crippen LogP contribution in [-0.4, -0.2) is 38.8 Å². The maximum absolute atomic E-state index is 12.4. The number of nitrogens with one attached hydrogen (secondary N) is 1. The Morgan fingerprint density at radius 2 is 2.35 bits per heavy atom. The highest BCUT2D eigenvalue weighted by Crippen LogP contribution is 2.21. The summed E-state index contributed by atoms with van der Waals surface area (Å²) in [5.41, 5.74) is 2.12. The van der Waals surface area contributed by atoms with Gasteiger partial charge in [-0.25, -0.2) is 4.79 Å². The van der Waals surface area contributed by atoms with E-state index in [0.29, 0.717) is 5.92 Å². The summed E-state index contributed by atoms with van der Waals surface area (Å²) >= 11 is 0. The summed E-state index contributed by atoms with van der Waals surface area (Å²) < 4.78 is 1.82. The normalized spacial score (nSPS) is 18.9. The molecular formula is C17H23N5O. The van der Waals surface area contributed by atoms with E-state index in [1.54, 1.807) is 6.20 Å². The summed E-state index contributed by atoms with van der Waals surface area (Å²) in [5, 5.41) is 7.24. The van der Waals surface area contributed by atoms with Crippen LogP contribution in [-0.2, 0) is 13.5 Å². The minimum atomic E-state index is -0.0823. The summed E-state index contributed by atoms with van der Waals surface area (Å²) in [4.78, 5) is 18.6. The maximum Gasteiger partial charge on any atom is 0.317 e. The lowest BCUT2D eigenvalue weighted by molar-refractivity contribution is 0.203. The third-order valence-electron chi connectivity index (χ3n) is 4.33. The highest BCUT2D eigenvalue weighted by atomic mass is 16.2. The van der Waals surface area contributed by atoms with Crippen molar-refractivity contribution in [1.82, 2.24) is 25.0 Å². The molecule has 122 valence electrons. The first-order valence-corrected chi connectivity index (χ1v) is 8.05. The van der Waals surface area contributed by atoms with Gasteiger partial charge in [0.05, 0.1) is 17.9 Å². The molecule has 2 aromatic heterocycles. The fourth-order valence-corrected chi connectivity index (χ4v) is 3.08. The molecule has 0 spiro atoms. The Balaban J connectivity index is 1.51. The van der Waals surface area contributed by atoms with Gasteiger partial charge in [0.15, 0.2) is 0 Å². The molecule has 23 heavy (non-hydrogen) atoms. The zero-order chi connectivity index (χ0) is 16.2. The Morgan fingerprint density at radius 3 is 3.04 bits per heavy atom. The van der Waals surface area contributed by atoms with E-state index in [9.17, 15) is 4.79 Å². The van der Waals surface area contributed by atoms with Gasteiger partial charge >= 0.3 is 6.03 Å². The summed E-state index contributed by atoms with van der Waals surface area (Å²) in [6.07, 6.45) is 7.73. The molecule has 2 atom stereocenters. The summed E-state index contributed by atoms with van der Waals surface area (Å²) in [6, 6.07) is 5.66. The number of nitrogens with zero attached hydrogens (tertiary/aromatic N) is 4. The van der Waals surface area contributed by atoms with Gasteiger partial charge in [-0.1, -0.05) is 6.07 Å². The second kappa shape index (κ2) is 6.81. The van der Waals surface area contributed by atoms with Gasteiger partial charge in [0, 0.05) is 32.5 Å². The van der Waals surface area contributed by atoms with E-state index >= 15 is 0 Å². The van der Waals surface area contributed by atoms with E-state index in [-0.39, 0.29) is 12.1 Å². The van der Waals surface area contributed by atoms with Gasteiger partial charge in [-0.15, -0.1) is 0 Å². The average molecular weight is 313 g/mol. The Labute approximate surface area is 136 Å². The van der Waals surface area contributed by atoms with Gasteiger partial charge in [-0.3, -0.25) is 9.67 Å². The van der Waals surface area contributed by atoms with Crippen LogP contribution in [0, 0.1) is 5.92 Å². The van der Waals surface area contributed by atoms with Crippen molar-refractivity contribution in [2.24, 2.45) is 13.0 Å². The van der Waals surface area contributed by atoms with Crippen LogP contribution in [0.25, 0.3) is 0 Å². The number of aryl methyl sites for hydroxylation is 1. The van der Waals surface area contributed by atoms with Crippen molar-refractivity contribution >= 4 is 6.03 Å². The molecule has 1 aliphatic heterocycles. The molecule has 0 saturated carbocycles. The lowest BCUT2D eigenvalue weighted by atomic mass is 10.0. The number of amides is 2. The van der Waals surface area contributed by atoms with Crippen LogP contribution < -0.4 is 5.32 Å². The molecule has 2 aromatic rings. The molecule has 1 N–H and O–H groups in total. The third-order valence-corrected chi connectivity index (χ3v) is 4.33. The minimum absolute atomic E-state index is 0.00293. The SMILES string of the molecule is CC(NC(=O)N1CCC(Cc2cnn(C)c2)C1)c1ccccn1.